The molecule has 0 amide bonds. The van der Waals surface area contributed by atoms with Crippen LogP contribution in [0.25, 0.3) is 0 Å². The standard InChI is InChI=1S/C11H17NO3/c1-8(4-5-13)12-7-9-2-3-10(14)11(15)6-9/h2-3,6,8,12-15H,4-5,7H2,1H3. The summed E-state index contributed by atoms with van der Waals surface area (Å²) in [6.45, 7) is 2.75. The summed E-state index contributed by atoms with van der Waals surface area (Å²) in [7, 11) is 0. The van der Waals surface area contributed by atoms with Crippen LogP contribution >= 0.6 is 0 Å². The number of rotatable bonds is 5. The van der Waals surface area contributed by atoms with Gasteiger partial charge in [-0.05, 0) is 31.0 Å². The van der Waals surface area contributed by atoms with Gasteiger partial charge in [-0.25, -0.2) is 0 Å². The maximum absolute atomic E-state index is 9.25. The van der Waals surface area contributed by atoms with Crippen LogP contribution in [0.4, 0.5) is 0 Å². The Balaban J connectivity index is 2.47. The fourth-order valence-electron chi connectivity index (χ4n) is 1.27. The first-order valence-corrected chi connectivity index (χ1v) is 4.98. The lowest BCUT2D eigenvalue weighted by Gasteiger charge is -2.12. The third kappa shape index (κ3) is 3.77. The molecule has 15 heavy (non-hydrogen) atoms. The summed E-state index contributed by atoms with van der Waals surface area (Å²) in [4.78, 5) is 0. The molecule has 0 aliphatic carbocycles. The first-order chi connectivity index (χ1) is 7.13. The van der Waals surface area contributed by atoms with Crippen LogP contribution in [-0.4, -0.2) is 28.0 Å². The molecular formula is C11H17NO3. The van der Waals surface area contributed by atoms with Crippen LogP contribution < -0.4 is 5.32 Å². The number of nitrogens with one attached hydrogen (secondary N) is 1. The van der Waals surface area contributed by atoms with Crippen molar-refractivity contribution >= 4 is 0 Å². The zero-order chi connectivity index (χ0) is 11.3. The molecule has 4 heteroatoms. The van der Waals surface area contributed by atoms with E-state index in [9.17, 15) is 5.11 Å². The molecule has 0 aliphatic heterocycles. The summed E-state index contributed by atoms with van der Waals surface area (Å²) >= 11 is 0. The summed E-state index contributed by atoms with van der Waals surface area (Å²) in [5.41, 5.74) is 0.898. The van der Waals surface area contributed by atoms with Gasteiger partial charge in [0.15, 0.2) is 11.5 Å². The first-order valence-electron chi connectivity index (χ1n) is 4.98. The second kappa shape index (κ2) is 5.58. The van der Waals surface area contributed by atoms with E-state index in [0.717, 1.165) is 5.56 Å². The van der Waals surface area contributed by atoms with E-state index in [1.54, 1.807) is 6.07 Å². The van der Waals surface area contributed by atoms with Gasteiger partial charge in [-0.3, -0.25) is 0 Å². The molecule has 0 bridgehead atoms. The average molecular weight is 211 g/mol. The molecule has 4 nitrogen and oxygen atoms in total. The van der Waals surface area contributed by atoms with Crippen LogP contribution in [0.2, 0.25) is 0 Å². The monoisotopic (exact) mass is 211 g/mol. The van der Waals surface area contributed by atoms with Gasteiger partial charge >= 0.3 is 0 Å². The zero-order valence-electron chi connectivity index (χ0n) is 8.77. The summed E-state index contributed by atoms with van der Waals surface area (Å²) in [6, 6.07) is 4.95. The molecule has 0 saturated carbocycles. The van der Waals surface area contributed by atoms with Gasteiger partial charge in [0.25, 0.3) is 0 Å². The van der Waals surface area contributed by atoms with Crippen LogP contribution in [0.1, 0.15) is 18.9 Å². The summed E-state index contributed by atoms with van der Waals surface area (Å²) in [5.74, 6) is -0.216. The number of aliphatic hydroxyl groups excluding tert-OH is 1. The fraction of sp³-hybridized carbons (Fsp3) is 0.455. The highest BCUT2D eigenvalue weighted by Crippen LogP contribution is 2.24. The van der Waals surface area contributed by atoms with Gasteiger partial charge in [-0.2, -0.15) is 0 Å². The molecule has 0 aliphatic rings. The zero-order valence-corrected chi connectivity index (χ0v) is 8.77. The maximum atomic E-state index is 9.25. The number of aromatic hydroxyl groups is 2. The van der Waals surface area contributed by atoms with E-state index in [0.29, 0.717) is 13.0 Å². The third-order valence-corrected chi connectivity index (χ3v) is 2.26. The Labute approximate surface area is 89.2 Å². The van der Waals surface area contributed by atoms with Gasteiger partial charge in [-0.1, -0.05) is 6.07 Å². The SMILES string of the molecule is CC(CCO)NCc1ccc(O)c(O)c1. The van der Waals surface area contributed by atoms with Crippen molar-refractivity contribution in [3.05, 3.63) is 23.8 Å². The minimum absolute atomic E-state index is 0.107. The largest absolute Gasteiger partial charge is 0.504 e. The normalized spacial score (nSPS) is 12.7. The van der Waals surface area contributed by atoms with E-state index >= 15 is 0 Å². The van der Waals surface area contributed by atoms with Crippen LogP contribution in [0.15, 0.2) is 18.2 Å². The predicted molar refractivity (Wildman–Crippen MR) is 57.8 cm³/mol. The Kier molecular flexibility index (Phi) is 4.39. The number of phenolic OH excluding ortho intramolecular Hbond substituents is 2. The maximum Gasteiger partial charge on any atom is 0.157 e. The molecule has 0 spiro atoms. The second-order valence-electron chi connectivity index (χ2n) is 3.62. The van der Waals surface area contributed by atoms with Crippen molar-refractivity contribution < 1.29 is 15.3 Å². The molecule has 84 valence electrons. The van der Waals surface area contributed by atoms with Gasteiger partial charge in [0, 0.05) is 19.2 Å². The Morgan fingerprint density at radius 2 is 2.00 bits per heavy atom. The molecule has 0 heterocycles. The number of benzene rings is 1. The van der Waals surface area contributed by atoms with Crippen molar-refractivity contribution in [3.8, 4) is 11.5 Å². The van der Waals surface area contributed by atoms with Gasteiger partial charge in [0.05, 0.1) is 0 Å². The Morgan fingerprint density at radius 3 is 2.60 bits per heavy atom. The number of hydrogen-bond donors (Lipinski definition) is 4. The van der Waals surface area contributed by atoms with E-state index in [2.05, 4.69) is 5.32 Å². The topological polar surface area (TPSA) is 72.7 Å². The van der Waals surface area contributed by atoms with Crippen molar-refractivity contribution in [2.75, 3.05) is 6.61 Å². The van der Waals surface area contributed by atoms with Crippen molar-refractivity contribution in [3.63, 3.8) is 0 Å². The molecule has 4 N–H and O–H groups in total. The van der Waals surface area contributed by atoms with E-state index in [1.807, 2.05) is 6.92 Å². The summed E-state index contributed by atoms with van der Waals surface area (Å²) in [5, 5.41) is 30.2. The Bertz CT molecular complexity index is 315. The van der Waals surface area contributed by atoms with Gasteiger partial charge < -0.3 is 20.6 Å². The molecule has 1 aromatic carbocycles. The molecule has 1 atom stereocenters. The van der Waals surface area contributed by atoms with Gasteiger partial charge in [0.2, 0.25) is 0 Å². The van der Waals surface area contributed by atoms with E-state index in [1.165, 1.54) is 12.1 Å². The quantitative estimate of drug-likeness (QED) is 0.547. The van der Waals surface area contributed by atoms with Crippen molar-refractivity contribution in [2.24, 2.45) is 0 Å². The van der Waals surface area contributed by atoms with Crippen molar-refractivity contribution in [1.82, 2.24) is 5.32 Å². The minimum Gasteiger partial charge on any atom is -0.504 e. The molecule has 1 rings (SSSR count). The van der Waals surface area contributed by atoms with Gasteiger partial charge in [-0.15, -0.1) is 0 Å². The first kappa shape index (κ1) is 11.8. The number of hydrogen-bond acceptors (Lipinski definition) is 4. The number of aliphatic hydroxyl groups is 1. The highest BCUT2D eigenvalue weighted by molar-refractivity contribution is 5.40. The third-order valence-electron chi connectivity index (χ3n) is 2.26. The van der Waals surface area contributed by atoms with E-state index in [4.69, 9.17) is 10.2 Å². The van der Waals surface area contributed by atoms with Gasteiger partial charge in [0.1, 0.15) is 0 Å². The second-order valence-corrected chi connectivity index (χ2v) is 3.62. The molecule has 0 saturated heterocycles. The molecular weight excluding hydrogens is 194 g/mol. The Hall–Kier alpha value is -1.26. The lowest BCUT2D eigenvalue weighted by molar-refractivity contribution is 0.268. The summed E-state index contributed by atoms with van der Waals surface area (Å²) < 4.78 is 0. The highest BCUT2D eigenvalue weighted by atomic mass is 16.3. The molecule has 0 fully saturated rings. The van der Waals surface area contributed by atoms with Crippen LogP contribution in [-0.2, 0) is 6.54 Å². The molecule has 1 aromatic rings. The van der Waals surface area contributed by atoms with Crippen LogP contribution in [0.3, 0.4) is 0 Å². The van der Waals surface area contributed by atoms with Crippen molar-refractivity contribution in [1.29, 1.82) is 0 Å². The minimum atomic E-state index is -0.109. The lowest BCUT2D eigenvalue weighted by Crippen LogP contribution is -2.26. The average Bonchev–Trinajstić information content (AvgIpc) is 2.20. The van der Waals surface area contributed by atoms with E-state index < -0.39 is 0 Å². The fourth-order valence-corrected chi connectivity index (χ4v) is 1.27. The molecule has 1 unspecified atom stereocenters. The highest BCUT2D eigenvalue weighted by Gasteiger charge is 2.03. The lowest BCUT2D eigenvalue weighted by atomic mass is 10.2. The Morgan fingerprint density at radius 1 is 1.27 bits per heavy atom. The smallest absolute Gasteiger partial charge is 0.157 e. The molecule has 0 radical (unpaired) electrons. The van der Waals surface area contributed by atoms with Crippen molar-refractivity contribution in [2.45, 2.75) is 25.9 Å². The molecule has 0 aromatic heterocycles. The van der Waals surface area contributed by atoms with Crippen LogP contribution in [0.5, 0.6) is 11.5 Å². The van der Waals surface area contributed by atoms with E-state index in [-0.39, 0.29) is 24.1 Å². The van der Waals surface area contributed by atoms with Crippen LogP contribution in [0, 0.1) is 0 Å². The number of phenols is 2. The summed E-state index contributed by atoms with van der Waals surface area (Å²) in [6.07, 6.45) is 0.698. The predicted octanol–water partition coefficient (Wildman–Crippen LogP) is 0.958.